The molecule has 2 aromatic carbocycles. The normalized spacial score (nSPS) is 17.3. The lowest BCUT2D eigenvalue weighted by atomic mass is 10.2. The lowest BCUT2D eigenvalue weighted by Gasteiger charge is -2.17. The summed E-state index contributed by atoms with van der Waals surface area (Å²) in [7, 11) is 0. The number of carbonyl (C=O) groups excluding carboxylic acids is 1. The molecule has 1 fully saturated rings. The molecule has 0 unspecified atom stereocenters. The Balaban J connectivity index is 1.35. The Bertz CT molecular complexity index is 1000. The molecule has 7 nitrogen and oxygen atoms in total. The zero-order valence-electron chi connectivity index (χ0n) is 14.9. The summed E-state index contributed by atoms with van der Waals surface area (Å²) in [6.45, 7) is 2.50. The van der Waals surface area contributed by atoms with Gasteiger partial charge in [0, 0.05) is 25.7 Å². The van der Waals surface area contributed by atoms with Gasteiger partial charge in [0.05, 0.1) is 5.39 Å². The minimum atomic E-state index is -0.298. The highest BCUT2D eigenvalue weighted by molar-refractivity contribution is 5.78. The maximum Gasteiger partial charge on any atom is 0.278 e. The van der Waals surface area contributed by atoms with Crippen LogP contribution in [0.5, 0.6) is 0 Å². The first-order valence-electron chi connectivity index (χ1n) is 9.07. The third kappa shape index (κ3) is 4.03. The van der Waals surface area contributed by atoms with Crippen molar-refractivity contribution in [3.8, 4) is 0 Å². The molecule has 0 aliphatic carbocycles. The van der Waals surface area contributed by atoms with Gasteiger partial charge >= 0.3 is 0 Å². The van der Waals surface area contributed by atoms with Crippen molar-refractivity contribution in [2.24, 2.45) is 0 Å². The third-order valence-electron chi connectivity index (χ3n) is 4.81. The summed E-state index contributed by atoms with van der Waals surface area (Å²) in [5, 5.41) is 11.4. The Labute approximate surface area is 156 Å². The third-order valence-corrected chi connectivity index (χ3v) is 4.81. The Kier molecular flexibility index (Phi) is 4.93. The van der Waals surface area contributed by atoms with Crippen molar-refractivity contribution in [3.63, 3.8) is 0 Å². The summed E-state index contributed by atoms with van der Waals surface area (Å²) < 4.78 is 1.12. The summed E-state index contributed by atoms with van der Waals surface area (Å²) >= 11 is 0. The van der Waals surface area contributed by atoms with E-state index in [2.05, 4.69) is 32.7 Å². The number of amides is 1. The molecule has 1 N–H and O–H groups in total. The fraction of sp³-hybridized carbons (Fsp3) is 0.300. The molecule has 0 bridgehead atoms. The summed E-state index contributed by atoms with van der Waals surface area (Å²) in [5.41, 5.74) is 1.50. The maximum absolute atomic E-state index is 12.4. The van der Waals surface area contributed by atoms with Gasteiger partial charge < -0.3 is 5.32 Å². The average molecular weight is 363 g/mol. The fourth-order valence-corrected chi connectivity index (χ4v) is 3.47. The quantitative estimate of drug-likeness (QED) is 0.736. The molecule has 1 aliphatic rings. The molecule has 0 saturated carbocycles. The smallest absolute Gasteiger partial charge is 0.278 e. The van der Waals surface area contributed by atoms with Crippen LogP contribution in [0.3, 0.4) is 0 Å². The van der Waals surface area contributed by atoms with Crippen LogP contribution in [-0.4, -0.2) is 44.9 Å². The second-order valence-electron chi connectivity index (χ2n) is 6.84. The number of rotatable bonds is 5. The van der Waals surface area contributed by atoms with Crippen LogP contribution >= 0.6 is 0 Å². The Morgan fingerprint density at radius 3 is 2.74 bits per heavy atom. The van der Waals surface area contributed by atoms with Crippen molar-refractivity contribution in [1.29, 1.82) is 0 Å². The van der Waals surface area contributed by atoms with Gasteiger partial charge in [-0.05, 0) is 24.1 Å². The van der Waals surface area contributed by atoms with Gasteiger partial charge in [0.2, 0.25) is 5.91 Å². The minimum Gasteiger partial charge on any atom is -0.350 e. The zero-order valence-corrected chi connectivity index (χ0v) is 14.9. The van der Waals surface area contributed by atoms with Crippen LogP contribution in [0.2, 0.25) is 0 Å². The summed E-state index contributed by atoms with van der Waals surface area (Å²) in [6.07, 6.45) is 0.900. The summed E-state index contributed by atoms with van der Waals surface area (Å²) in [5.74, 6) is -0.215. The van der Waals surface area contributed by atoms with Crippen molar-refractivity contribution < 1.29 is 4.79 Å². The van der Waals surface area contributed by atoms with Crippen LogP contribution in [0.1, 0.15) is 12.0 Å². The van der Waals surface area contributed by atoms with Gasteiger partial charge in [-0.3, -0.25) is 14.5 Å². The summed E-state index contributed by atoms with van der Waals surface area (Å²) in [4.78, 5) is 27.1. The molecule has 1 saturated heterocycles. The van der Waals surface area contributed by atoms with Gasteiger partial charge in [-0.2, -0.15) is 0 Å². The zero-order chi connectivity index (χ0) is 18.6. The number of hydrogen-bond donors (Lipinski definition) is 1. The van der Waals surface area contributed by atoms with Gasteiger partial charge in [-0.25, -0.2) is 4.68 Å². The maximum atomic E-state index is 12.4. The molecule has 3 aromatic rings. The number of nitrogens with zero attached hydrogens (tertiary/aromatic N) is 4. The first kappa shape index (κ1) is 17.4. The lowest BCUT2D eigenvalue weighted by Crippen LogP contribution is -2.41. The van der Waals surface area contributed by atoms with Crippen molar-refractivity contribution in [2.75, 3.05) is 13.1 Å². The van der Waals surface area contributed by atoms with Crippen LogP contribution < -0.4 is 10.9 Å². The standard InChI is InChI=1S/C20H21N5O2/c26-19(14-25-20(27)17-8-4-5-9-18(17)22-23-25)21-16-10-11-24(13-16)12-15-6-2-1-3-7-15/h1-9,16H,10-14H2,(H,21,26)/t16-/m0/s1. The fourth-order valence-electron chi connectivity index (χ4n) is 3.47. The number of hydrogen-bond acceptors (Lipinski definition) is 5. The molecular formula is C20H21N5O2. The number of aromatic nitrogens is 3. The molecule has 0 radical (unpaired) electrons. The molecule has 27 heavy (non-hydrogen) atoms. The Hall–Kier alpha value is -3.06. The van der Waals surface area contributed by atoms with E-state index in [4.69, 9.17) is 0 Å². The topological polar surface area (TPSA) is 80.1 Å². The first-order valence-corrected chi connectivity index (χ1v) is 9.07. The van der Waals surface area contributed by atoms with Crippen LogP contribution in [0.15, 0.2) is 59.4 Å². The van der Waals surface area contributed by atoms with Crippen LogP contribution in [-0.2, 0) is 17.9 Å². The molecule has 2 heterocycles. The van der Waals surface area contributed by atoms with Gasteiger partial charge in [-0.1, -0.05) is 47.7 Å². The van der Waals surface area contributed by atoms with Crippen molar-refractivity contribution >= 4 is 16.8 Å². The molecule has 4 rings (SSSR count). The van der Waals surface area contributed by atoms with Gasteiger partial charge in [-0.15, -0.1) is 5.10 Å². The van der Waals surface area contributed by atoms with Gasteiger partial charge in [0.1, 0.15) is 12.1 Å². The number of nitrogens with one attached hydrogen (secondary N) is 1. The number of benzene rings is 2. The van der Waals surface area contributed by atoms with Gasteiger partial charge in [0.15, 0.2) is 0 Å². The number of fused-ring (bicyclic) bond motifs is 1. The summed E-state index contributed by atoms with van der Waals surface area (Å²) in [6, 6.07) is 17.4. The van der Waals surface area contributed by atoms with E-state index in [0.717, 1.165) is 30.7 Å². The van der Waals surface area contributed by atoms with E-state index in [-0.39, 0.29) is 24.1 Å². The van der Waals surface area contributed by atoms with E-state index >= 15 is 0 Å². The molecule has 1 atom stereocenters. The van der Waals surface area contributed by atoms with E-state index < -0.39 is 0 Å². The molecule has 138 valence electrons. The van der Waals surface area contributed by atoms with E-state index in [9.17, 15) is 9.59 Å². The monoisotopic (exact) mass is 363 g/mol. The van der Waals surface area contributed by atoms with Crippen molar-refractivity contribution in [2.45, 2.75) is 25.6 Å². The van der Waals surface area contributed by atoms with Crippen LogP contribution in [0.25, 0.3) is 10.9 Å². The highest BCUT2D eigenvalue weighted by Crippen LogP contribution is 2.13. The molecule has 1 amide bonds. The Morgan fingerprint density at radius 2 is 1.89 bits per heavy atom. The van der Waals surface area contributed by atoms with E-state index in [1.807, 2.05) is 18.2 Å². The van der Waals surface area contributed by atoms with Gasteiger partial charge in [0.25, 0.3) is 5.56 Å². The van der Waals surface area contributed by atoms with Crippen molar-refractivity contribution in [3.05, 3.63) is 70.5 Å². The number of likely N-dealkylation sites (tertiary alicyclic amines) is 1. The largest absolute Gasteiger partial charge is 0.350 e. The molecule has 0 spiro atoms. The average Bonchev–Trinajstić information content (AvgIpc) is 3.11. The highest BCUT2D eigenvalue weighted by atomic mass is 16.2. The minimum absolute atomic E-state index is 0.0883. The van der Waals surface area contributed by atoms with Crippen LogP contribution in [0.4, 0.5) is 0 Å². The predicted octanol–water partition coefficient (Wildman–Crippen LogP) is 1.18. The van der Waals surface area contributed by atoms with E-state index in [1.54, 1.807) is 24.3 Å². The lowest BCUT2D eigenvalue weighted by molar-refractivity contribution is -0.122. The predicted molar refractivity (Wildman–Crippen MR) is 102 cm³/mol. The van der Waals surface area contributed by atoms with Crippen molar-refractivity contribution in [1.82, 2.24) is 25.2 Å². The number of carbonyl (C=O) groups is 1. The van der Waals surface area contributed by atoms with E-state index in [1.165, 1.54) is 5.56 Å². The molecule has 1 aliphatic heterocycles. The molecule has 1 aromatic heterocycles. The SMILES string of the molecule is O=C(Cn1nnc2ccccc2c1=O)N[C@H]1CCN(Cc2ccccc2)C1. The Morgan fingerprint density at radius 1 is 1.11 bits per heavy atom. The molecular weight excluding hydrogens is 342 g/mol. The van der Waals surface area contributed by atoms with Crippen LogP contribution in [0, 0.1) is 0 Å². The van der Waals surface area contributed by atoms with E-state index in [0.29, 0.717) is 10.9 Å². The first-order chi connectivity index (χ1) is 13.2. The second kappa shape index (κ2) is 7.67. The highest BCUT2D eigenvalue weighted by Gasteiger charge is 2.24. The molecule has 7 heteroatoms. The second-order valence-corrected chi connectivity index (χ2v) is 6.84.